The second-order valence-electron chi connectivity index (χ2n) is 6.76. The highest BCUT2D eigenvalue weighted by Gasteiger charge is 2.21. The average molecular weight is 433 g/mol. The van der Waals surface area contributed by atoms with E-state index in [1.54, 1.807) is 30.0 Å². The van der Waals surface area contributed by atoms with Gasteiger partial charge < -0.3 is 19.9 Å². The van der Waals surface area contributed by atoms with Gasteiger partial charge in [-0.05, 0) is 30.3 Å². The molecule has 2 amide bonds. The molecule has 2 aromatic carbocycles. The first-order valence-corrected chi connectivity index (χ1v) is 9.61. The number of nitro groups is 1. The Morgan fingerprint density at radius 1 is 1.13 bits per heavy atom. The number of nitro benzene ring substituents is 1. The number of rotatable bonds is 5. The molecule has 1 fully saturated rings. The third-order valence-corrected chi connectivity index (χ3v) is 5.21. The van der Waals surface area contributed by atoms with Gasteiger partial charge in [0.1, 0.15) is 0 Å². The van der Waals surface area contributed by atoms with Crippen molar-refractivity contribution in [1.29, 1.82) is 0 Å². The van der Waals surface area contributed by atoms with Crippen molar-refractivity contribution in [3.63, 3.8) is 0 Å². The van der Waals surface area contributed by atoms with Crippen LogP contribution >= 0.6 is 11.6 Å². The molecule has 158 valence electrons. The number of nitrogens with zero attached hydrogens (tertiary/aromatic N) is 3. The van der Waals surface area contributed by atoms with Crippen LogP contribution in [-0.2, 0) is 4.79 Å². The molecule has 1 saturated heterocycles. The summed E-state index contributed by atoms with van der Waals surface area (Å²) >= 11 is 6.42. The van der Waals surface area contributed by atoms with Gasteiger partial charge in [-0.2, -0.15) is 0 Å². The van der Waals surface area contributed by atoms with Crippen molar-refractivity contribution < 1.29 is 19.2 Å². The lowest BCUT2D eigenvalue weighted by Gasteiger charge is -2.36. The fourth-order valence-corrected chi connectivity index (χ4v) is 3.58. The molecular weight excluding hydrogens is 412 g/mol. The predicted molar refractivity (Wildman–Crippen MR) is 114 cm³/mol. The number of hydrogen-bond acceptors (Lipinski definition) is 6. The number of hydrogen-bond donors (Lipinski definition) is 1. The summed E-state index contributed by atoms with van der Waals surface area (Å²) in [4.78, 5) is 38.4. The number of amides is 2. The first-order valence-electron chi connectivity index (χ1n) is 9.24. The lowest BCUT2D eigenvalue weighted by molar-refractivity contribution is -0.385. The zero-order valence-corrected chi connectivity index (χ0v) is 17.3. The molecule has 0 radical (unpaired) electrons. The molecule has 1 aliphatic rings. The molecular formula is C20H21ClN4O5. The van der Waals surface area contributed by atoms with Gasteiger partial charge in [0, 0.05) is 50.4 Å². The Morgan fingerprint density at radius 3 is 2.40 bits per heavy atom. The standard InChI is InChI=1S/C20H21ClN4O5/c1-13(26)23-7-9-24(10-8-23)17-5-4-15(12-16(17)21)22-20(27)14-3-6-19(30-2)18(11-14)25(28)29/h3-6,11-12H,7-10H2,1-2H3,(H,22,27). The summed E-state index contributed by atoms with van der Waals surface area (Å²) in [6.07, 6.45) is 0. The van der Waals surface area contributed by atoms with Crippen LogP contribution in [0.5, 0.6) is 5.75 Å². The Kier molecular flexibility index (Phi) is 6.41. The molecule has 0 saturated carbocycles. The van der Waals surface area contributed by atoms with E-state index in [9.17, 15) is 19.7 Å². The lowest BCUT2D eigenvalue weighted by Crippen LogP contribution is -2.48. The maximum atomic E-state index is 12.5. The molecule has 3 rings (SSSR count). The Morgan fingerprint density at radius 2 is 1.83 bits per heavy atom. The Bertz CT molecular complexity index is 989. The van der Waals surface area contributed by atoms with Crippen molar-refractivity contribution in [2.45, 2.75) is 6.92 Å². The van der Waals surface area contributed by atoms with Gasteiger partial charge in [-0.3, -0.25) is 19.7 Å². The smallest absolute Gasteiger partial charge is 0.311 e. The third kappa shape index (κ3) is 4.62. The van der Waals surface area contributed by atoms with E-state index >= 15 is 0 Å². The maximum absolute atomic E-state index is 12.5. The highest BCUT2D eigenvalue weighted by atomic mass is 35.5. The summed E-state index contributed by atoms with van der Waals surface area (Å²) in [5, 5.41) is 14.3. The quantitative estimate of drug-likeness (QED) is 0.574. The van der Waals surface area contributed by atoms with Crippen LogP contribution in [0.1, 0.15) is 17.3 Å². The van der Waals surface area contributed by atoms with E-state index in [0.29, 0.717) is 36.9 Å². The summed E-state index contributed by atoms with van der Waals surface area (Å²) in [7, 11) is 1.33. The lowest BCUT2D eigenvalue weighted by atomic mass is 10.1. The number of benzene rings is 2. The van der Waals surface area contributed by atoms with Crippen LogP contribution < -0.4 is 15.0 Å². The zero-order chi connectivity index (χ0) is 21.8. The largest absolute Gasteiger partial charge is 0.490 e. The van der Waals surface area contributed by atoms with Crippen LogP contribution in [0.25, 0.3) is 0 Å². The fraction of sp³-hybridized carbons (Fsp3) is 0.300. The molecule has 0 aliphatic carbocycles. The van der Waals surface area contributed by atoms with Gasteiger partial charge in [-0.1, -0.05) is 11.6 Å². The van der Waals surface area contributed by atoms with Crippen LogP contribution in [0.15, 0.2) is 36.4 Å². The van der Waals surface area contributed by atoms with Gasteiger partial charge >= 0.3 is 5.69 Å². The number of carbonyl (C=O) groups excluding carboxylic acids is 2. The predicted octanol–water partition coefficient (Wildman–Crippen LogP) is 3.18. The molecule has 9 nitrogen and oxygen atoms in total. The first kappa shape index (κ1) is 21.4. The highest BCUT2D eigenvalue weighted by Crippen LogP contribution is 2.31. The third-order valence-electron chi connectivity index (χ3n) is 4.91. The van der Waals surface area contributed by atoms with Crippen LogP contribution in [0, 0.1) is 10.1 Å². The monoisotopic (exact) mass is 432 g/mol. The van der Waals surface area contributed by atoms with E-state index in [4.69, 9.17) is 16.3 Å². The SMILES string of the molecule is COc1ccc(C(=O)Nc2ccc(N3CCN(C(C)=O)CC3)c(Cl)c2)cc1[N+](=O)[O-]. The molecule has 1 aliphatic heterocycles. The van der Waals surface area contributed by atoms with E-state index in [-0.39, 0.29) is 22.9 Å². The minimum Gasteiger partial charge on any atom is -0.490 e. The Labute approximate surface area is 178 Å². The molecule has 0 spiro atoms. The molecule has 1 heterocycles. The van der Waals surface area contributed by atoms with Crippen LogP contribution in [0.4, 0.5) is 17.1 Å². The summed E-state index contributed by atoms with van der Waals surface area (Å²) < 4.78 is 4.95. The van der Waals surface area contributed by atoms with Crippen LogP contribution in [-0.4, -0.2) is 54.9 Å². The van der Waals surface area contributed by atoms with E-state index in [0.717, 1.165) is 5.69 Å². The first-order chi connectivity index (χ1) is 14.3. The van der Waals surface area contributed by atoms with Crippen LogP contribution in [0.2, 0.25) is 5.02 Å². The number of anilines is 2. The number of halogens is 1. The van der Waals surface area contributed by atoms with Gasteiger partial charge in [0.2, 0.25) is 5.91 Å². The van der Waals surface area contributed by atoms with E-state index in [2.05, 4.69) is 10.2 Å². The van der Waals surface area contributed by atoms with Gasteiger partial charge in [0.05, 0.1) is 22.7 Å². The molecule has 10 heteroatoms. The minimum atomic E-state index is -0.604. The van der Waals surface area contributed by atoms with Crippen molar-refractivity contribution in [3.8, 4) is 5.75 Å². The van der Waals surface area contributed by atoms with Crippen molar-refractivity contribution in [1.82, 2.24) is 4.90 Å². The molecule has 0 bridgehead atoms. The van der Waals surface area contributed by atoms with Gasteiger partial charge in [0.25, 0.3) is 5.91 Å². The molecule has 30 heavy (non-hydrogen) atoms. The number of methoxy groups -OCH3 is 1. The Hall–Kier alpha value is -3.33. The number of piperazine rings is 1. The second kappa shape index (κ2) is 9.00. The van der Waals surface area contributed by atoms with E-state index in [1.165, 1.54) is 25.3 Å². The van der Waals surface area contributed by atoms with E-state index < -0.39 is 10.8 Å². The van der Waals surface area contributed by atoms with Crippen molar-refractivity contribution >= 4 is 40.5 Å². The molecule has 2 aromatic rings. The maximum Gasteiger partial charge on any atom is 0.311 e. The van der Waals surface area contributed by atoms with Gasteiger partial charge in [0.15, 0.2) is 5.75 Å². The van der Waals surface area contributed by atoms with Crippen molar-refractivity contribution in [3.05, 3.63) is 57.1 Å². The fourth-order valence-electron chi connectivity index (χ4n) is 3.28. The number of ether oxygens (including phenoxy) is 1. The number of carbonyl (C=O) groups is 2. The van der Waals surface area contributed by atoms with Gasteiger partial charge in [-0.15, -0.1) is 0 Å². The highest BCUT2D eigenvalue weighted by molar-refractivity contribution is 6.33. The number of nitrogens with one attached hydrogen (secondary N) is 1. The molecule has 0 atom stereocenters. The summed E-state index contributed by atoms with van der Waals surface area (Å²) in [6, 6.07) is 9.14. The molecule has 0 aromatic heterocycles. The normalized spacial score (nSPS) is 13.7. The van der Waals surface area contributed by atoms with Gasteiger partial charge in [-0.25, -0.2) is 0 Å². The van der Waals surface area contributed by atoms with Crippen molar-refractivity contribution in [2.24, 2.45) is 0 Å². The minimum absolute atomic E-state index is 0.0533. The van der Waals surface area contributed by atoms with E-state index in [1.807, 2.05) is 0 Å². The summed E-state index contributed by atoms with van der Waals surface area (Å²) in [5.41, 5.74) is 1.12. The zero-order valence-electron chi connectivity index (χ0n) is 16.6. The summed E-state index contributed by atoms with van der Waals surface area (Å²) in [6.45, 7) is 4.14. The topological polar surface area (TPSA) is 105 Å². The molecule has 1 N–H and O–H groups in total. The average Bonchev–Trinajstić information content (AvgIpc) is 2.73. The Balaban J connectivity index is 1.72. The summed E-state index contributed by atoms with van der Waals surface area (Å²) in [5.74, 6) is -0.369. The van der Waals surface area contributed by atoms with Crippen molar-refractivity contribution in [2.75, 3.05) is 43.5 Å². The molecule has 0 unspecified atom stereocenters. The van der Waals surface area contributed by atoms with Crippen LogP contribution in [0.3, 0.4) is 0 Å². The second-order valence-corrected chi connectivity index (χ2v) is 7.16.